The van der Waals surface area contributed by atoms with E-state index in [1.165, 1.54) is 36.0 Å². The number of hydrogen-bond donors (Lipinski definition) is 2. The average Bonchev–Trinajstić information content (AvgIpc) is 3.36. The Labute approximate surface area is 220 Å². The number of rotatable bonds is 8. The van der Waals surface area contributed by atoms with Crippen LogP contribution in [0.3, 0.4) is 0 Å². The van der Waals surface area contributed by atoms with E-state index in [0.717, 1.165) is 36.2 Å². The fourth-order valence-corrected chi connectivity index (χ4v) is 7.09. The van der Waals surface area contributed by atoms with Crippen LogP contribution in [0.15, 0.2) is 46.9 Å². The second-order valence-corrected chi connectivity index (χ2v) is 12.4. The molecule has 2 N–H and O–H groups in total. The quantitative estimate of drug-likeness (QED) is 0.382. The van der Waals surface area contributed by atoms with Gasteiger partial charge >= 0.3 is 15.0 Å². The third-order valence-corrected chi connectivity index (χ3v) is 9.70. The molecule has 200 valence electrons. The molecule has 3 heterocycles. The maximum Gasteiger partial charge on any atom is 0.323 e. The molecule has 1 aliphatic carbocycles. The number of carbonyl (C=O) groups is 3. The molecule has 37 heavy (non-hydrogen) atoms. The van der Waals surface area contributed by atoms with Crippen molar-refractivity contribution in [2.24, 2.45) is 5.92 Å². The van der Waals surface area contributed by atoms with Gasteiger partial charge in [0, 0.05) is 18.7 Å². The Morgan fingerprint density at radius 1 is 1.11 bits per heavy atom. The number of nitrogens with zero attached hydrogens (tertiary/aromatic N) is 2. The van der Waals surface area contributed by atoms with Crippen LogP contribution in [0.5, 0.6) is 0 Å². The Balaban J connectivity index is 1.44. The molecule has 1 saturated heterocycles. The first-order chi connectivity index (χ1) is 17.8. The predicted molar refractivity (Wildman–Crippen MR) is 137 cm³/mol. The number of nitrogens with one attached hydrogen (secondary N) is 2. The lowest BCUT2D eigenvalue weighted by Crippen LogP contribution is -2.53. The lowest BCUT2D eigenvalue weighted by atomic mass is 9.84. The summed E-state index contributed by atoms with van der Waals surface area (Å²) in [7, 11) is -4.18. The van der Waals surface area contributed by atoms with Gasteiger partial charge in [-0.2, -0.15) is 9.04 Å². The SMILES string of the molecule is O=C(NC(CC1CCCCC1)C(=O)N[C@H]1CCCN(S(=O)(=O)c2cccc[n+]2[O-])CC1=O)c1cccs1. The van der Waals surface area contributed by atoms with Gasteiger partial charge in [-0.05, 0) is 42.7 Å². The highest BCUT2D eigenvalue weighted by Crippen LogP contribution is 2.28. The van der Waals surface area contributed by atoms with Crippen LogP contribution in [0.1, 0.15) is 61.0 Å². The fourth-order valence-electron chi connectivity index (χ4n) is 5.00. The zero-order chi connectivity index (χ0) is 26.4. The molecule has 2 aliphatic rings. The van der Waals surface area contributed by atoms with Crippen molar-refractivity contribution in [2.45, 2.75) is 68.5 Å². The molecule has 2 amide bonds. The Morgan fingerprint density at radius 3 is 2.59 bits per heavy atom. The molecule has 10 nitrogen and oxygen atoms in total. The maximum atomic E-state index is 13.3. The van der Waals surface area contributed by atoms with E-state index in [0.29, 0.717) is 23.6 Å². The lowest BCUT2D eigenvalue weighted by Gasteiger charge is -2.27. The van der Waals surface area contributed by atoms with Crippen LogP contribution in [-0.2, 0) is 19.6 Å². The summed E-state index contributed by atoms with van der Waals surface area (Å²) in [4.78, 5) is 39.6. The topological polar surface area (TPSA) is 140 Å². The molecule has 2 aromatic rings. The zero-order valence-electron chi connectivity index (χ0n) is 20.5. The summed E-state index contributed by atoms with van der Waals surface area (Å²) < 4.78 is 27.3. The monoisotopic (exact) mass is 548 g/mol. The second-order valence-electron chi connectivity index (χ2n) is 9.62. The Morgan fingerprint density at radius 2 is 1.89 bits per heavy atom. The summed E-state index contributed by atoms with van der Waals surface area (Å²) >= 11 is 1.29. The Bertz CT molecular complexity index is 1210. The van der Waals surface area contributed by atoms with Crippen LogP contribution in [0.2, 0.25) is 0 Å². The Kier molecular flexibility index (Phi) is 8.93. The number of ketones is 1. The van der Waals surface area contributed by atoms with Crippen molar-refractivity contribution < 1.29 is 27.5 Å². The van der Waals surface area contributed by atoms with Gasteiger partial charge in [-0.1, -0.05) is 38.2 Å². The molecule has 2 atom stereocenters. The van der Waals surface area contributed by atoms with Gasteiger partial charge in [0.15, 0.2) is 12.0 Å². The molecule has 1 unspecified atom stereocenters. The predicted octanol–water partition coefficient (Wildman–Crippen LogP) is 1.99. The molecule has 1 saturated carbocycles. The number of sulfonamides is 1. The molecular formula is C25H32N4O6S2. The van der Waals surface area contributed by atoms with Crippen LogP contribution >= 0.6 is 11.3 Å². The minimum Gasteiger partial charge on any atom is -0.618 e. The van der Waals surface area contributed by atoms with Gasteiger partial charge in [-0.3, -0.25) is 14.4 Å². The highest BCUT2D eigenvalue weighted by Gasteiger charge is 2.37. The van der Waals surface area contributed by atoms with Crippen molar-refractivity contribution in [1.82, 2.24) is 14.9 Å². The van der Waals surface area contributed by atoms with Crippen molar-refractivity contribution in [3.8, 4) is 0 Å². The first-order valence-electron chi connectivity index (χ1n) is 12.6. The van der Waals surface area contributed by atoms with E-state index in [-0.39, 0.29) is 23.6 Å². The lowest BCUT2D eigenvalue weighted by molar-refractivity contribution is -0.646. The number of aromatic nitrogens is 1. The number of Topliss-reactive ketones (excluding diaryl/α,β-unsaturated/α-hetero) is 1. The first kappa shape index (κ1) is 27.2. The van der Waals surface area contributed by atoms with Crippen LogP contribution in [-0.4, -0.2) is 55.5 Å². The van der Waals surface area contributed by atoms with Gasteiger partial charge in [0.05, 0.1) is 17.5 Å². The molecule has 2 aromatic heterocycles. The Hall–Kier alpha value is -2.83. The summed E-state index contributed by atoms with van der Waals surface area (Å²) in [5, 5.41) is 19.0. The third-order valence-electron chi connectivity index (χ3n) is 6.99. The van der Waals surface area contributed by atoms with Gasteiger partial charge < -0.3 is 15.8 Å². The summed E-state index contributed by atoms with van der Waals surface area (Å²) in [6.45, 7) is -0.396. The highest BCUT2D eigenvalue weighted by molar-refractivity contribution is 7.89. The van der Waals surface area contributed by atoms with E-state index < -0.39 is 45.4 Å². The second kappa shape index (κ2) is 12.1. The molecular weight excluding hydrogens is 516 g/mol. The molecule has 0 aromatic carbocycles. The van der Waals surface area contributed by atoms with Crippen LogP contribution in [0.25, 0.3) is 0 Å². The van der Waals surface area contributed by atoms with E-state index in [2.05, 4.69) is 10.6 Å². The molecule has 0 radical (unpaired) electrons. The summed E-state index contributed by atoms with van der Waals surface area (Å²) in [6, 6.07) is 5.85. The van der Waals surface area contributed by atoms with E-state index in [1.54, 1.807) is 17.5 Å². The van der Waals surface area contributed by atoms with E-state index in [4.69, 9.17) is 0 Å². The van der Waals surface area contributed by atoms with Crippen molar-refractivity contribution >= 4 is 39.0 Å². The number of carbonyl (C=O) groups excluding carboxylic acids is 3. The average molecular weight is 549 g/mol. The first-order valence-corrected chi connectivity index (χ1v) is 14.9. The molecule has 4 rings (SSSR count). The van der Waals surface area contributed by atoms with Crippen LogP contribution in [0, 0.1) is 11.1 Å². The molecule has 0 bridgehead atoms. The largest absolute Gasteiger partial charge is 0.618 e. The fraction of sp³-hybridized carbons (Fsp3) is 0.520. The van der Waals surface area contributed by atoms with Crippen molar-refractivity contribution in [2.75, 3.05) is 13.1 Å². The summed E-state index contributed by atoms with van der Waals surface area (Å²) in [5.41, 5.74) is 0. The summed E-state index contributed by atoms with van der Waals surface area (Å²) in [6.07, 6.45) is 7.50. The molecule has 0 spiro atoms. The number of hydrogen-bond acceptors (Lipinski definition) is 7. The van der Waals surface area contributed by atoms with Gasteiger partial charge in [-0.25, -0.2) is 8.42 Å². The van der Waals surface area contributed by atoms with Gasteiger partial charge in [0.2, 0.25) is 5.91 Å². The standard InChI is InChI=1S/C25H32N4O6S2/c30-21-17-28(37(34,35)23-12-4-5-14-29(23)33)13-6-10-19(21)26-24(31)20(16-18-8-2-1-3-9-18)27-25(32)22-11-7-15-36-22/h4-5,7,11-12,14-15,18-20H,1-3,6,8-10,13,16-17H2,(H,26,31)(H,27,32)/t19-,20?/m0/s1. The smallest absolute Gasteiger partial charge is 0.323 e. The normalized spacial score (nSPS) is 20.6. The minimum atomic E-state index is -4.18. The van der Waals surface area contributed by atoms with Crippen LogP contribution in [0.4, 0.5) is 0 Å². The summed E-state index contributed by atoms with van der Waals surface area (Å²) in [5.74, 6) is -0.915. The van der Waals surface area contributed by atoms with Crippen molar-refractivity contribution in [1.29, 1.82) is 0 Å². The van der Waals surface area contributed by atoms with Gasteiger partial charge in [0.1, 0.15) is 6.04 Å². The van der Waals surface area contributed by atoms with Crippen molar-refractivity contribution in [3.63, 3.8) is 0 Å². The number of pyridine rings is 1. The molecule has 1 aliphatic heterocycles. The van der Waals surface area contributed by atoms with E-state index in [1.807, 2.05) is 0 Å². The van der Waals surface area contributed by atoms with Gasteiger partial charge in [0.25, 0.3) is 5.91 Å². The molecule has 12 heteroatoms. The van der Waals surface area contributed by atoms with E-state index >= 15 is 0 Å². The third kappa shape index (κ3) is 6.74. The van der Waals surface area contributed by atoms with Crippen molar-refractivity contribution in [3.05, 3.63) is 52.0 Å². The zero-order valence-corrected chi connectivity index (χ0v) is 22.1. The van der Waals surface area contributed by atoms with E-state index in [9.17, 15) is 28.0 Å². The maximum absolute atomic E-state index is 13.3. The number of amides is 2. The van der Waals surface area contributed by atoms with Crippen LogP contribution < -0.4 is 15.4 Å². The molecule has 2 fully saturated rings. The van der Waals surface area contributed by atoms with Gasteiger partial charge in [-0.15, -0.1) is 11.3 Å². The number of thiophene rings is 1. The highest BCUT2D eigenvalue weighted by atomic mass is 32.2. The minimum absolute atomic E-state index is 0.0515.